The normalized spacial score (nSPS) is 14.2. The van der Waals surface area contributed by atoms with Crippen molar-refractivity contribution in [3.63, 3.8) is 0 Å². The summed E-state index contributed by atoms with van der Waals surface area (Å²) in [7, 11) is -1.86. The van der Waals surface area contributed by atoms with E-state index >= 15 is 0 Å². The summed E-state index contributed by atoms with van der Waals surface area (Å²) in [4.78, 5) is 30.0. The highest BCUT2D eigenvalue weighted by molar-refractivity contribution is 7.90. The first kappa shape index (κ1) is 26.2. The minimum absolute atomic E-state index is 0.0999. The number of likely N-dealkylation sites (tertiary alicyclic amines) is 1. The number of carbonyl (C=O) groups excluding carboxylic acids is 2. The lowest BCUT2D eigenvalue weighted by Crippen LogP contribution is -2.47. The number of benzene rings is 3. The first-order valence-electron chi connectivity index (χ1n) is 12.0. The molecule has 0 N–H and O–H groups in total. The Labute approximate surface area is 217 Å². The highest BCUT2D eigenvalue weighted by Crippen LogP contribution is 2.27. The monoisotopic (exact) mass is 522 g/mol. The van der Waals surface area contributed by atoms with Crippen molar-refractivity contribution in [1.29, 1.82) is 0 Å². The molecular formula is C28H30N2O6S. The molecule has 3 aromatic rings. The molecule has 1 heterocycles. The minimum atomic E-state index is -3.42. The number of sulfone groups is 1. The summed E-state index contributed by atoms with van der Waals surface area (Å²) in [5.74, 6) is 0.525. The summed E-state index contributed by atoms with van der Waals surface area (Å²) in [6.45, 7) is 0.797. The van der Waals surface area contributed by atoms with Crippen LogP contribution >= 0.6 is 0 Å². The van der Waals surface area contributed by atoms with E-state index in [0.717, 1.165) is 6.26 Å². The Balaban J connectivity index is 1.42. The Kier molecular flexibility index (Phi) is 8.13. The van der Waals surface area contributed by atoms with Gasteiger partial charge in [0.15, 0.2) is 9.84 Å². The van der Waals surface area contributed by atoms with Crippen LogP contribution in [0.5, 0.6) is 11.5 Å². The molecule has 0 saturated carbocycles. The molecule has 1 aliphatic rings. The number of anilines is 1. The second-order valence-corrected chi connectivity index (χ2v) is 10.9. The molecule has 8 nitrogen and oxygen atoms in total. The first-order valence-corrected chi connectivity index (χ1v) is 13.9. The highest BCUT2D eigenvalue weighted by Gasteiger charge is 2.28. The average Bonchev–Trinajstić information content (AvgIpc) is 2.92. The Bertz CT molecular complexity index is 1330. The fourth-order valence-corrected chi connectivity index (χ4v) is 5.08. The van der Waals surface area contributed by atoms with Crippen molar-refractivity contribution in [2.24, 2.45) is 0 Å². The molecule has 4 rings (SSSR count). The molecular weight excluding hydrogens is 492 g/mol. The third-order valence-corrected chi connectivity index (χ3v) is 7.42. The van der Waals surface area contributed by atoms with Crippen molar-refractivity contribution in [1.82, 2.24) is 4.90 Å². The molecule has 0 aromatic heterocycles. The van der Waals surface area contributed by atoms with Crippen LogP contribution in [0, 0.1) is 0 Å². The molecule has 0 atom stereocenters. The van der Waals surface area contributed by atoms with Gasteiger partial charge < -0.3 is 14.4 Å². The SMILES string of the molecule is COc1ccc(C(=O)N(CC(=O)N2CCC(Oc3ccccc3S(C)(=O)=O)CC2)c2ccccc2)cc1. The van der Waals surface area contributed by atoms with Crippen LogP contribution in [-0.4, -0.2) is 64.2 Å². The summed E-state index contributed by atoms with van der Waals surface area (Å²) in [6.07, 6.45) is 2.06. The lowest BCUT2D eigenvalue weighted by molar-refractivity contribution is -0.131. The lowest BCUT2D eigenvalue weighted by atomic mass is 10.1. The Morgan fingerprint density at radius 3 is 2.16 bits per heavy atom. The van der Waals surface area contributed by atoms with Crippen molar-refractivity contribution >= 4 is 27.3 Å². The zero-order chi connectivity index (χ0) is 26.4. The molecule has 37 heavy (non-hydrogen) atoms. The fourth-order valence-electron chi connectivity index (χ4n) is 4.27. The average molecular weight is 523 g/mol. The maximum atomic E-state index is 13.4. The second-order valence-electron chi connectivity index (χ2n) is 8.87. The van der Waals surface area contributed by atoms with Gasteiger partial charge in [-0.1, -0.05) is 30.3 Å². The summed E-state index contributed by atoms with van der Waals surface area (Å²) < 4.78 is 35.3. The maximum absolute atomic E-state index is 13.4. The number of para-hydroxylation sites is 2. The van der Waals surface area contributed by atoms with Gasteiger partial charge in [0.1, 0.15) is 29.0 Å². The number of carbonyl (C=O) groups is 2. The van der Waals surface area contributed by atoms with Gasteiger partial charge >= 0.3 is 0 Å². The van der Waals surface area contributed by atoms with Crippen LogP contribution in [0.3, 0.4) is 0 Å². The van der Waals surface area contributed by atoms with Gasteiger partial charge in [-0.25, -0.2) is 8.42 Å². The molecule has 1 aliphatic heterocycles. The zero-order valence-electron chi connectivity index (χ0n) is 20.9. The topological polar surface area (TPSA) is 93.2 Å². The number of hydrogen-bond donors (Lipinski definition) is 0. The molecule has 9 heteroatoms. The van der Waals surface area contributed by atoms with E-state index in [1.165, 1.54) is 11.0 Å². The van der Waals surface area contributed by atoms with E-state index in [2.05, 4.69) is 0 Å². The van der Waals surface area contributed by atoms with E-state index in [1.54, 1.807) is 66.6 Å². The summed E-state index contributed by atoms with van der Waals surface area (Å²) in [5.41, 5.74) is 1.08. The molecule has 1 fully saturated rings. The van der Waals surface area contributed by atoms with E-state index in [1.807, 2.05) is 18.2 Å². The number of rotatable bonds is 8. The van der Waals surface area contributed by atoms with Crippen LogP contribution in [0.15, 0.2) is 83.8 Å². The summed E-state index contributed by atoms with van der Waals surface area (Å²) >= 11 is 0. The Morgan fingerprint density at radius 1 is 0.919 bits per heavy atom. The number of hydrogen-bond acceptors (Lipinski definition) is 6. The second kappa shape index (κ2) is 11.5. The first-order chi connectivity index (χ1) is 17.8. The third-order valence-electron chi connectivity index (χ3n) is 6.28. The Hall–Kier alpha value is -3.85. The van der Waals surface area contributed by atoms with Crippen LogP contribution in [0.25, 0.3) is 0 Å². The van der Waals surface area contributed by atoms with E-state index in [0.29, 0.717) is 48.7 Å². The number of nitrogens with zero attached hydrogens (tertiary/aromatic N) is 2. The van der Waals surface area contributed by atoms with Crippen LogP contribution < -0.4 is 14.4 Å². The fraction of sp³-hybridized carbons (Fsp3) is 0.286. The highest BCUT2D eigenvalue weighted by atomic mass is 32.2. The van der Waals surface area contributed by atoms with Crippen molar-refractivity contribution in [3.05, 3.63) is 84.4 Å². The summed E-state index contributed by atoms with van der Waals surface area (Å²) in [5, 5.41) is 0. The molecule has 1 saturated heterocycles. The number of amides is 2. The summed E-state index contributed by atoms with van der Waals surface area (Å²) in [6, 6.07) is 22.5. The van der Waals surface area contributed by atoms with Crippen molar-refractivity contribution in [2.75, 3.05) is 37.9 Å². The van der Waals surface area contributed by atoms with Gasteiger partial charge in [-0.3, -0.25) is 14.5 Å². The predicted molar refractivity (Wildman–Crippen MR) is 141 cm³/mol. The van der Waals surface area contributed by atoms with Crippen molar-refractivity contribution in [3.8, 4) is 11.5 Å². The molecule has 0 unspecified atom stereocenters. The molecule has 0 radical (unpaired) electrons. The maximum Gasteiger partial charge on any atom is 0.258 e. The molecule has 194 valence electrons. The number of piperidine rings is 1. The molecule has 0 spiro atoms. The largest absolute Gasteiger partial charge is 0.497 e. The predicted octanol–water partition coefficient (Wildman–Crippen LogP) is 3.82. The van der Waals surface area contributed by atoms with Gasteiger partial charge in [0.2, 0.25) is 5.91 Å². The lowest BCUT2D eigenvalue weighted by Gasteiger charge is -2.34. The molecule has 0 aliphatic carbocycles. The quantitative estimate of drug-likeness (QED) is 0.447. The number of ether oxygens (including phenoxy) is 2. The van der Waals surface area contributed by atoms with Gasteiger partial charge in [0.05, 0.1) is 7.11 Å². The van der Waals surface area contributed by atoms with Gasteiger partial charge in [0, 0.05) is 43.4 Å². The van der Waals surface area contributed by atoms with Crippen LogP contribution in [0.2, 0.25) is 0 Å². The van der Waals surface area contributed by atoms with Crippen LogP contribution in [-0.2, 0) is 14.6 Å². The zero-order valence-corrected chi connectivity index (χ0v) is 21.7. The standard InChI is InChI=1S/C28H30N2O6S/c1-35-23-14-12-21(13-15-23)28(32)30(22-8-4-3-5-9-22)20-27(31)29-18-16-24(17-19-29)36-25-10-6-7-11-26(25)37(2,33)34/h3-15,24H,16-20H2,1-2H3. The van der Waals surface area contributed by atoms with Gasteiger partial charge in [0.25, 0.3) is 5.91 Å². The van der Waals surface area contributed by atoms with Crippen LogP contribution in [0.1, 0.15) is 23.2 Å². The van der Waals surface area contributed by atoms with E-state index in [4.69, 9.17) is 9.47 Å². The smallest absolute Gasteiger partial charge is 0.258 e. The molecule has 3 aromatic carbocycles. The van der Waals surface area contributed by atoms with Gasteiger partial charge in [-0.05, 0) is 48.5 Å². The van der Waals surface area contributed by atoms with Gasteiger partial charge in [-0.2, -0.15) is 0 Å². The minimum Gasteiger partial charge on any atom is -0.497 e. The van der Waals surface area contributed by atoms with Crippen LogP contribution in [0.4, 0.5) is 5.69 Å². The molecule has 0 bridgehead atoms. The van der Waals surface area contributed by atoms with E-state index < -0.39 is 9.84 Å². The Morgan fingerprint density at radius 2 is 1.54 bits per heavy atom. The molecule has 2 amide bonds. The van der Waals surface area contributed by atoms with E-state index in [-0.39, 0.29) is 29.4 Å². The van der Waals surface area contributed by atoms with Gasteiger partial charge in [-0.15, -0.1) is 0 Å². The third kappa shape index (κ3) is 6.48. The van der Waals surface area contributed by atoms with Crippen molar-refractivity contribution < 1.29 is 27.5 Å². The van der Waals surface area contributed by atoms with Crippen molar-refractivity contribution in [2.45, 2.75) is 23.8 Å². The van der Waals surface area contributed by atoms with E-state index in [9.17, 15) is 18.0 Å². The number of methoxy groups -OCH3 is 1.